The molecule has 18 heavy (non-hydrogen) atoms. The van der Waals surface area contributed by atoms with Gasteiger partial charge in [-0.2, -0.15) is 0 Å². The number of piperidine rings is 1. The van der Waals surface area contributed by atoms with Crippen molar-refractivity contribution in [1.82, 2.24) is 4.90 Å². The van der Waals surface area contributed by atoms with Crippen molar-refractivity contribution in [2.45, 2.75) is 56.9 Å². The fourth-order valence-corrected chi connectivity index (χ4v) is 3.77. The van der Waals surface area contributed by atoms with Crippen molar-refractivity contribution in [3.05, 3.63) is 11.8 Å². The van der Waals surface area contributed by atoms with Gasteiger partial charge < -0.3 is 4.74 Å². The van der Waals surface area contributed by atoms with Gasteiger partial charge in [0.05, 0.1) is 12.1 Å². The molecule has 0 aromatic carbocycles. The fraction of sp³-hybridized carbons (Fsp3) is 0.800. The maximum atomic E-state index is 12.8. The van der Waals surface area contributed by atoms with Gasteiger partial charge in [0.25, 0.3) is 0 Å². The van der Waals surface area contributed by atoms with E-state index in [2.05, 4.69) is 4.90 Å². The van der Waals surface area contributed by atoms with Gasteiger partial charge in [-0.3, -0.25) is 9.69 Å². The topological polar surface area (TPSA) is 29.5 Å². The van der Waals surface area contributed by atoms with Crippen molar-refractivity contribution < 1.29 is 9.53 Å². The zero-order valence-electron chi connectivity index (χ0n) is 11.1. The largest absolute Gasteiger partial charge is 0.490 e. The number of rotatable bonds is 3. The van der Waals surface area contributed by atoms with Gasteiger partial charge in [-0.05, 0) is 44.8 Å². The minimum Gasteiger partial charge on any atom is -0.490 e. The maximum Gasteiger partial charge on any atom is 0.217 e. The minimum atomic E-state index is -0.212. The summed E-state index contributed by atoms with van der Waals surface area (Å²) < 4.78 is 5.53. The molecule has 0 aromatic heterocycles. The number of carbonyl (C=O) groups is 1. The van der Waals surface area contributed by atoms with Crippen LogP contribution in [0.15, 0.2) is 11.8 Å². The molecule has 0 unspecified atom stereocenters. The number of hydrogen-bond donors (Lipinski definition) is 0. The van der Waals surface area contributed by atoms with E-state index < -0.39 is 0 Å². The highest BCUT2D eigenvalue weighted by atomic mass is 16.5. The van der Waals surface area contributed by atoms with Crippen LogP contribution in [0, 0.1) is 0 Å². The van der Waals surface area contributed by atoms with Crippen molar-refractivity contribution >= 4 is 5.78 Å². The van der Waals surface area contributed by atoms with E-state index in [1.54, 1.807) is 0 Å². The molecule has 2 heterocycles. The van der Waals surface area contributed by atoms with E-state index >= 15 is 0 Å². The van der Waals surface area contributed by atoms with E-state index in [-0.39, 0.29) is 11.3 Å². The van der Waals surface area contributed by atoms with Crippen LogP contribution < -0.4 is 0 Å². The lowest BCUT2D eigenvalue weighted by Crippen LogP contribution is -2.55. The Morgan fingerprint density at radius 1 is 1.11 bits per heavy atom. The van der Waals surface area contributed by atoms with Gasteiger partial charge in [-0.15, -0.1) is 0 Å². The highest BCUT2D eigenvalue weighted by molar-refractivity contribution is 6.01. The summed E-state index contributed by atoms with van der Waals surface area (Å²) in [5.74, 6) is 0.932. The fourth-order valence-electron chi connectivity index (χ4n) is 3.77. The van der Waals surface area contributed by atoms with Crippen molar-refractivity contribution in [3.63, 3.8) is 0 Å². The summed E-state index contributed by atoms with van der Waals surface area (Å²) in [6, 6.07) is 0. The molecule has 1 saturated heterocycles. The third-order valence-corrected chi connectivity index (χ3v) is 4.74. The second kappa shape index (κ2) is 5.04. The molecule has 2 fully saturated rings. The Hall–Kier alpha value is -0.830. The summed E-state index contributed by atoms with van der Waals surface area (Å²) in [5, 5.41) is 0. The van der Waals surface area contributed by atoms with Crippen LogP contribution in [0.4, 0.5) is 0 Å². The number of likely N-dealkylation sites (tertiary alicyclic amines) is 1. The van der Waals surface area contributed by atoms with E-state index in [1.807, 2.05) is 6.08 Å². The third kappa shape index (κ3) is 1.99. The van der Waals surface area contributed by atoms with Gasteiger partial charge in [0.2, 0.25) is 5.78 Å². The first kappa shape index (κ1) is 12.2. The van der Waals surface area contributed by atoms with Crippen molar-refractivity contribution in [2.75, 3.05) is 19.7 Å². The monoisotopic (exact) mass is 249 g/mol. The predicted molar refractivity (Wildman–Crippen MR) is 70.3 cm³/mol. The lowest BCUT2D eigenvalue weighted by atomic mass is 9.86. The van der Waals surface area contributed by atoms with Crippen LogP contribution in [0.1, 0.15) is 51.4 Å². The quantitative estimate of drug-likeness (QED) is 0.770. The molecule has 1 aliphatic carbocycles. The molecule has 0 N–H and O–H groups in total. The molecule has 3 nitrogen and oxygen atoms in total. The number of nitrogens with zero attached hydrogens (tertiary/aromatic N) is 1. The maximum absolute atomic E-state index is 12.8. The highest BCUT2D eigenvalue weighted by Crippen LogP contribution is 2.40. The van der Waals surface area contributed by atoms with Gasteiger partial charge >= 0.3 is 0 Å². The summed E-state index contributed by atoms with van der Waals surface area (Å²) >= 11 is 0. The normalized spacial score (nSPS) is 27.9. The molecule has 2 aliphatic heterocycles. The van der Waals surface area contributed by atoms with Gasteiger partial charge in [0.1, 0.15) is 0 Å². The van der Waals surface area contributed by atoms with Gasteiger partial charge in [0, 0.05) is 6.42 Å². The number of hydrogen-bond acceptors (Lipinski definition) is 3. The zero-order valence-corrected chi connectivity index (χ0v) is 11.1. The smallest absolute Gasteiger partial charge is 0.217 e. The lowest BCUT2D eigenvalue weighted by molar-refractivity contribution is -0.131. The number of ketones is 1. The van der Waals surface area contributed by atoms with Crippen LogP contribution >= 0.6 is 0 Å². The van der Waals surface area contributed by atoms with E-state index in [1.165, 1.54) is 32.1 Å². The van der Waals surface area contributed by atoms with Crippen LogP contribution in [-0.4, -0.2) is 35.9 Å². The molecule has 0 bridgehead atoms. The number of carbonyl (C=O) groups excluding carboxylic acids is 1. The van der Waals surface area contributed by atoms with E-state index in [9.17, 15) is 4.79 Å². The van der Waals surface area contributed by atoms with Crippen LogP contribution in [-0.2, 0) is 9.53 Å². The third-order valence-electron chi connectivity index (χ3n) is 4.74. The van der Waals surface area contributed by atoms with Crippen LogP contribution in [0.25, 0.3) is 0 Å². The van der Waals surface area contributed by atoms with Gasteiger partial charge in [0.15, 0.2) is 5.76 Å². The molecule has 100 valence electrons. The molecule has 0 aromatic rings. The molecule has 0 spiro atoms. The lowest BCUT2D eigenvalue weighted by Gasteiger charge is -2.42. The van der Waals surface area contributed by atoms with E-state index in [4.69, 9.17) is 4.74 Å². The highest BCUT2D eigenvalue weighted by Gasteiger charge is 2.48. The summed E-state index contributed by atoms with van der Waals surface area (Å²) in [6.45, 7) is 2.88. The standard InChI is InChI=1S/C15H23NO2/c17-14(13-7-6-12-18-13)15(8-2-3-9-15)16-10-4-1-5-11-16/h7H,1-6,8-12H2. The molecule has 3 rings (SSSR count). The average molecular weight is 249 g/mol. The molecular formula is C15H23NO2. The van der Waals surface area contributed by atoms with Gasteiger partial charge in [-0.1, -0.05) is 19.3 Å². The zero-order chi connectivity index (χ0) is 12.4. The first-order chi connectivity index (χ1) is 8.83. The Kier molecular flexibility index (Phi) is 3.42. The average Bonchev–Trinajstić information content (AvgIpc) is 3.11. The van der Waals surface area contributed by atoms with E-state index in [0.29, 0.717) is 12.4 Å². The van der Waals surface area contributed by atoms with Crippen molar-refractivity contribution in [1.29, 1.82) is 0 Å². The van der Waals surface area contributed by atoms with Crippen molar-refractivity contribution in [3.8, 4) is 0 Å². The van der Waals surface area contributed by atoms with Crippen LogP contribution in [0.3, 0.4) is 0 Å². The number of Topliss-reactive ketones (excluding diaryl/α,β-unsaturated/α-hetero) is 1. The molecule has 0 atom stereocenters. The summed E-state index contributed by atoms with van der Waals surface area (Å²) in [6.07, 6.45) is 11.2. The molecule has 1 saturated carbocycles. The SMILES string of the molecule is O=C(C1=CCCO1)C1(N2CCCCC2)CCCC1. The minimum absolute atomic E-state index is 0.212. The molecule has 0 radical (unpaired) electrons. The first-order valence-corrected chi connectivity index (χ1v) is 7.46. The summed E-state index contributed by atoms with van der Waals surface area (Å²) in [4.78, 5) is 15.3. The van der Waals surface area contributed by atoms with Crippen LogP contribution in [0.5, 0.6) is 0 Å². The summed E-state index contributed by atoms with van der Waals surface area (Å²) in [5.41, 5.74) is -0.212. The first-order valence-electron chi connectivity index (χ1n) is 7.46. The Morgan fingerprint density at radius 3 is 2.44 bits per heavy atom. The summed E-state index contributed by atoms with van der Waals surface area (Å²) in [7, 11) is 0. The Labute approximate surface area is 109 Å². The molecular weight excluding hydrogens is 226 g/mol. The van der Waals surface area contributed by atoms with E-state index in [0.717, 1.165) is 32.4 Å². The molecule has 3 aliphatic rings. The second-order valence-electron chi connectivity index (χ2n) is 5.82. The molecule has 3 heteroatoms. The molecule has 0 amide bonds. The van der Waals surface area contributed by atoms with Crippen molar-refractivity contribution in [2.24, 2.45) is 0 Å². The Morgan fingerprint density at radius 2 is 1.83 bits per heavy atom. The second-order valence-corrected chi connectivity index (χ2v) is 5.82. The van der Waals surface area contributed by atoms with Gasteiger partial charge in [-0.25, -0.2) is 0 Å². The van der Waals surface area contributed by atoms with Crippen LogP contribution in [0.2, 0.25) is 0 Å². The Balaban J connectivity index is 1.83. The predicted octanol–water partition coefficient (Wildman–Crippen LogP) is 2.66. The number of ether oxygens (including phenoxy) is 1. The Bertz CT molecular complexity index is 350.